The Hall–Kier alpha value is 0. The summed E-state index contributed by atoms with van der Waals surface area (Å²) < 4.78 is 0. The predicted molar refractivity (Wildman–Crippen MR) is 296 cm³/mol. The monoisotopic (exact) mass is 801 g/mol. The van der Waals surface area contributed by atoms with Crippen LogP contribution in [0.5, 0.6) is 0 Å². The molecule has 0 aromatic carbocycles. The Morgan fingerprint density at radius 3 is 0.0926 bits per heavy atom. The van der Waals surface area contributed by atoms with E-state index in [1.807, 2.05) is 166 Å². The summed E-state index contributed by atoms with van der Waals surface area (Å²) in [6.07, 6.45) is 12.5. The van der Waals surface area contributed by atoms with Gasteiger partial charge in [0.2, 0.25) is 0 Å². The van der Waals surface area contributed by atoms with Crippen molar-refractivity contribution in [3.05, 3.63) is 0 Å². The standard InChI is InChI=1S/10C3H8.12C2H6/c10*1-3-2;12*1-2/h10*3H2,1-2H3;12*1-2H3. The van der Waals surface area contributed by atoms with Crippen LogP contribution in [0, 0.1) is 0 Å². The fourth-order valence-corrected chi connectivity index (χ4v) is 0. The molecule has 0 aromatic rings. The van der Waals surface area contributed by atoms with Crippen LogP contribution in [0.1, 0.15) is 369 Å². The smallest absolute Gasteiger partial charge is 0.0590 e. The molecule has 0 aliphatic carbocycles. The van der Waals surface area contributed by atoms with Gasteiger partial charge in [-0.25, -0.2) is 0 Å². The third kappa shape index (κ3) is 0. The Bertz CT molecular complexity index is 33.2. The van der Waals surface area contributed by atoms with E-state index in [1.165, 1.54) is 64.2 Å². The van der Waals surface area contributed by atoms with Crippen LogP contribution < -0.4 is 0 Å². The first kappa shape index (κ1) is 148. The van der Waals surface area contributed by atoms with Gasteiger partial charge in [-0.2, -0.15) is 0 Å². The first-order chi connectivity index (χ1) is 26.1. The molecule has 0 aromatic heterocycles. The van der Waals surface area contributed by atoms with Crippen molar-refractivity contribution in [3.63, 3.8) is 0 Å². The fourth-order valence-electron chi connectivity index (χ4n) is 0. The van der Waals surface area contributed by atoms with Gasteiger partial charge >= 0.3 is 0 Å². The minimum atomic E-state index is 1.25. The molecular weight excluding hydrogens is 649 g/mol. The highest BCUT2D eigenvalue weighted by Gasteiger charge is 1.38. The van der Waals surface area contributed by atoms with Crippen molar-refractivity contribution in [2.75, 3.05) is 0 Å². The molecule has 0 heteroatoms. The fraction of sp³-hybridized carbons (Fsp3) is 1.00. The maximum atomic E-state index is 2.12. The van der Waals surface area contributed by atoms with Gasteiger partial charge in [-0.1, -0.05) is 369 Å². The molecule has 0 nitrogen and oxygen atoms in total. The molecule has 0 fully saturated rings. The highest BCUT2D eigenvalue weighted by molar-refractivity contribution is 3.95. The van der Waals surface area contributed by atoms with Crippen LogP contribution in [0.4, 0.5) is 0 Å². The minimum absolute atomic E-state index is 1.25. The van der Waals surface area contributed by atoms with Crippen LogP contribution in [0.15, 0.2) is 0 Å². The predicted octanol–water partition coefficient (Wildman–Crippen LogP) is 26.5. The Balaban J connectivity index is -0.00000000997. The first-order valence-corrected chi connectivity index (χ1v) is 26.1. The second-order valence-electron chi connectivity index (χ2n) is 7.07. The summed E-state index contributed by atoms with van der Waals surface area (Å²) in [6, 6.07) is 0. The van der Waals surface area contributed by atoms with Crippen LogP contribution in [0.3, 0.4) is 0 Å². The van der Waals surface area contributed by atoms with E-state index in [0.717, 1.165) is 0 Å². The first-order valence-electron chi connectivity index (χ1n) is 26.1. The van der Waals surface area contributed by atoms with E-state index in [1.54, 1.807) is 0 Å². The number of hydrogen-bond donors (Lipinski definition) is 0. The lowest BCUT2D eigenvalue weighted by Crippen LogP contribution is -1.27. The lowest BCUT2D eigenvalue weighted by Gasteiger charge is -1.48. The number of hydrogen-bond acceptors (Lipinski definition) is 0. The Labute approximate surface area is 367 Å². The second kappa shape index (κ2) is 1430. The van der Waals surface area contributed by atoms with Gasteiger partial charge in [-0.15, -0.1) is 0 Å². The molecule has 0 atom stereocenters. The third-order valence-corrected chi connectivity index (χ3v) is 0. The summed E-state index contributed by atoms with van der Waals surface area (Å²) in [5.74, 6) is 0. The van der Waals surface area contributed by atoms with Gasteiger partial charge in [0.1, 0.15) is 0 Å². The second-order valence-corrected chi connectivity index (χ2v) is 7.07. The van der Waals surface area contributed by atoms with E-state index in [9.17, 15) is 0 Å². The van der Waals surface area contributed by atoms with Crippen molar-refractivity contribution in [2.24, 2.45) is 0 Å². The molecule has 0 N–H and O–H groups in total. The highest BCUT2D eigenvalue weighted by atomic mass is 13.5. The largest absolute Gasteiger partial charge is 0.0683 e. The molecule has 0 saturated heterocycles. The summed E-state index contributed by atoms with van der Waals surface area (Å²) in [7, 11) is 0. The van der Waals surface area contributed by atoms with Crippen LogP contribution in [0.25, 0.3) is 0 Å². The van der Waals surface area contributed by atoms with E-state index < -0.39 is 0 Å². The van der Waals surface area contributed by atoms with Gasteiger partial charge in [-0.3, -0.25) is 0 Å². The van der Waals surface area contributed by atoms with Crippen molar-refractivity contribution >= 4 is 0 Å². The Kier molecular flexibility index (Phi) is 3930. The highest BCUT2D eigenvalue weighted by Crippen LogP contribution is 1.59. The lowest BCUT2D eigenvalue weighted by atomic mass is 10.6. The SMILES string of the molecule is CC.CC.CC.CC.CC.CC.CC.CC.CC.CC.CC.CC.CCC.CCC.CCC.CCC.CCC.CCC.CCC.CCC.CCC.CCC. The quantitative estimate of drug-likeness (QED) is 0.229. The third-order valence-electron chi connectivity index (χ3n) is 0. The van der Waals surface area contributed by atoms with Crippen LogP contribution in [0.2, 0.25) is 0 Å². The van der Waals surface area contributed by atoms with Gasteiger partial charge in [0.05, 0.1) is 0 Å². The maximum absolute atomic E-state index is 2.12. The summed E-state index contributed by atoms with van der Waals surface area (Å²) in [5.41, 5.74) is 0. The zero-order chi connectivity index (χ0) is 51.1. The van der Waals surface area contributed by atoms with E-state index in [-0.39, 0.29) is 0 Å². The van der Waals surface area contributed by atoms with E-state index in [2.05, 4.69) is 138 Å². The average Bonchev–Trinajstić information content (AvgIpc) is 3.24. The molecule has 0 bridgehead atoms. The molecule has 0 unspecified atom stereocenters. The molecule has 0 radical (unpaired) electrons. The van der Waals surface area contributed by atoms with E-state index in [0.29, 0.717) is 0 Å². The molecule has 368 valence electrons. The van der Waals surface area contributed by atoms with Crippen LogP contribution in [-0.2, 0) is 0 Å². The number of rotatable bonds is 0. The normalized spacial score (nSPS) is 4.67. The minimum Gasteiger partial charge on any atom is -0.0683 e. The topological polar surface area (TPSA) is 0 Å². The average molecular weight is 802 g/mol. The van der Waals surface area contributed by atoms with Crippen molar-refractivity contribution in [3.8, 4) is 0 Å². The van der Waals surface area contributed by atoms with Gasteiger partial charge in [0.15, 0.2) is 0 Å². The van der Waals surface area contributed by atoms with E-state index >= 15 is 0 Å². The summed E-state index contributed by atoms with van der Waals surface area (Å²) in [4.78, 5) is 0. The molecule has 0 heterocycles. The van der Waals surface area contributed by atoms with Gasteiger partial charge < -0.3 is 0 Å². The molecule has 0 aliphatic heterocycles. The molecule has 0 amide bonds. The van der Waals surface area contributed by atoms with Crippen LogP contribution in [-0.4, -0.2) is 0 Å². The molecule has 0 aliphatic rings. The Morgan fingerprint density at radius 2 is 0.0926 bits per heavy atom. The Morgan fingerprint density at radius 1 is 0.0926 bits per heavy atom. The van der Waals surface area contributed by atoms with Gasteiger partial charge in [0, 0.05) is 0 Å². The van der Waals surface area contributed by atoms with Gasteiger partial charge in [0.25, 0.3) is 0 Å². The zero-order valence-corrected chi connectivity index (χ0v) is 51.1. The van der Waals surface area contributed by atoms with Gasteiger partial charge in [-0.05, 0) is 0 Å². The van der Waals surface area contributed by atoms with Crippen molar-refractivity contribution < 1.29 is 0 Å². The van der Waals surface area contributed by atoms with Crippen LogP contribution >= 0.6 is 0 Å². The summed E-state index contributed by atoms with van der Waals surface area (Å²) in [6.45, 7) is 90.5. The summed E-state index contributed by atoms with van der Waals surface area (Å²) >= 11 is 0. The molecule has 0 spiro atoms. The maximum Gasteiger partial charge on any atom is -0.0590 e. The molecule has 0 saturated carbocycles. The molecule has 0 rings (SSSR count). The molecular formula is C54H152. The van der Waals surface area contributed by atoms with Crippen molar-refractivity contribution in [1.82, 2.24) is 0 Å². The van der Waals surface area contributed by atoms with E-state index in [4.69, 9.17) is 0 Å². The molecule has 54 heavy (non-hydrogen) atoms. The summed E-state index contributed by atoms with van der Waals surface area (Å²) in [5, 5.41) is 0. The van der Waals surface area contributed by atoms with Crippen molar-refractivity contribution in [2.45, 2.75) is 369 Å². The zero-order valence-electron chi connectivity index (χ0n) is 51.1. The van der Waals surface area contributed by atoms with Crippen molar-refractivity contribution in [1.29, 1.82) is 0 Å². The lowest BCUT2D eigenvalue weighted by molar-refractivity contribution is 1.09.